The average Bonchev–Trinajstić information content (AvgIpc) is 2.97. The smallest absolute Gasteiger partial charge is 0.295 e. The lowest BCUT2D eigenvalue weighted by Crippen LogP contribution is -2.01. The predicted octanol–water partition coefficient (Wildman–Crippen LogP) is 2.48. The Morgan fingerprint density at radius 3 is 2.90 bits per heavy atom. The molecule has 0 radical (unpaired) electrons. The van der Waals surface area contributed by atoms with Gasteiger partial charge in [0.05, 0.1) is 17.2 Å². The number of aromatic nitrogens is 3. The number of non-ortho nitro benzene ring substituents is 1. The molecule has 0 bridgehead atoms. The van der Waals surface area contributed by atoms with Gasteiger partial charge in [-0.1, -0.05) is 12.1 Å². The Balaban J connectivity index is 1.99. The van der Waals surface area contributed by atoms with Gasteiger partial charge in [0, 0.05) is 29.5 Å². The van der Waals surface area contributed by atoms with Crippen molar-refractivity contribution in [2.24, 2.45) is 0 Å². The number of hydrogen-bond acceptors (Lipinski definition) is 5. The molecule has 0 amide bonds. The van der Waals surface area contributed by atoms with Crippen molar-refractivity contribution in [1.29, 1.82) is 0 Å². The molecule has 0 fully saturated rings. The first-order valence-electron chi connectivity index (χ1n) is 6.00. The van der Waals surface area contributed by atoms with E-state index in [-0.39, 0.29) is 5.69 Å². The fourth-order valence-electron chi connectivity index (χ4n) is 2.04. The molecular formula is C13H11N5O2. The monoisotopic (exact) mass is 269 g/mol. The summed E-state index contributed by atoms with van der Waals surface area (Å²) in [6.45, 7) is 0.557. The zero-order valence-corrected chi connectivity index (χ0v) is 10.4. The largest absolute Gasteiger partial charge is 0.379 e. The lowest BCUT2D eigenvalue weighted by Gasteiger charge is -2.08. The molecule has 0 atom stereocenters. The van der Waals surface area contributed by atoms with Gasteiger partial charge in [0.1, 0.15) is 5.52 Å². The van der Waals surface area contributed by atoms with Crippen molar-refractivity contribution in [2.75, 3.05) is 5.32 Å². The number of pyridine rings is 1. The van der Waals surface area contributed by atoms with Crippen LogP contribution in [0.2, 0.25) is 0 Å². The number of nitro benzene ring substituents is 1. The molecule has 20 heavy (non-hydrogen) atoms. The highest BCUT2D eigenvalue weighted by Crippen LogP contribution is 2.28. The molecular weight excluding hydrogens is 258 g/mol. The van der Waals surface area contributed by atoms with Crippen molar-refractivity contribution >= 4 is 22.3 Å². The van der Waals surface area contributed by atoms with E-state index in [0.717, 1.165) is 16.8 Å². The summed E-state index contributed by atoms with van der Waals surface area (Å²) >= 11 is 0. The SMILES string of the molecule is O=[N+]([O-])c1cccc2c(NCc3ccn[nH]3)ccnc12. The molecule has 0 unspecified atom stereocenters. The van der Waals surface area contributed by atoms with Gasteiger partial charge >= 0.3 is 0 Å². The van der Waals surface area contributed by atoms with E-state index in [1.807, 2.05) is 12.1 Å². The van der Waals surface area contributed by atoms with Crippen LogP contribution in [0, 0.1) is 10.1 Å². The summed E-state index contributed by atoms with van der Waals surface area (Å²) in [5.74, 6) is 0. The third-order valence-corrected chi connectivity index (χ3v) is 2.97. The van der Waals surface area contributed by atoms with E-state index in [2.05, 4.69) is 20.5 Å². The molecule has 2 aromatic heterocycles. The molecule has 3 aromatic rings. The van der Waals surface area contributed by atoms with Crippen LogP contribution in [0.15, 0.2) is 42.7 Å². The minimum Gasteiger partial charge on any atom is -0.379 e. The van der Waals surface area contributed by atoms with E-state index in [9.17, 15) is 10.1 Å². The Morgan fingerprint density at radius 1 is 1.25 bits per heavy atom. The van der Waals surface area contributed by atoms with Gasteiger partial charge in [0.15, 0.2) is 0 Å². The fourth-order valence-corrected chi connectivity index (χ4v) is 2.04. The lowest BCUT2D eigenvalue weighted by molar-refractivity contribution is -0.383. The van der Waals surface area contributed by atoms with Crippen LogP contribution in [0.4, 0.5) is 11.4 Å². The van der Waals surface area contributed by atoms with Crippen molar-refractivity contribution in [2.45, 2.75) is 6.54 Å². The van der Waals surface area contributed by atoms with E-state index in [0.29, 0.717) is 12.1 Å². The number of benzene rings is 1. The molecule has 0 aliphatic rings. The van der Waals surface area contributed by atoms with E-state index in [1.165, 1.54) is 6.07 Å². The van der Waals surface area contributed by atoms with Gasteiger partial charge in [0.25, 0.3) is 5.69 Å². The zero-order chi connectivity index (χ0) is 13.9. The van der Waals surface area contributed by atoms with Crippen LogP contribution in [0.5, 0.6) is 0 Å². The number of aromatic amines is 1. The molecule has 7 nitrogen and oxygen atoms in total. The Morgan fingerprint density at radius 2 is 2.15 bits per heavy atom. The summed E-state index contributed by atoms with van der Waals surface area (Å²) in [5.41, 5.74) is 2.12. The maximum absolute atomic E-state index is 11.0. The highest BCUT2D eigenvalue weighted by molar-refractivity contribution is 5.96. The van der Waals surface area contributed by atoms with Gasteiger partial charge in [0.2, 0.25) is 0 Å². The summed E-state index contributed by atoms with van der Waals surface area (Å²) in [4.78, 5) is 14.7. The van der Waals surface area contributed by atoms with Gasteiger partial charge in [-0.3, -0.25) is 15.2 Å². The number of para-hydroxylation sites is 1. The van der Waals surface area contributed by atoms with Crippen LogP contribution in [-0.2, 0) is 6.54 Å². The number of rotatable bonds is 4. The van der Waals surface area contributed by atoms with Crippen molar-refractivity contribution in [3.63, 3.8) is 0 Å². The third-order valence-electron chi connectivity index (χ3n) is 2.97. The molecule has 1 aromatic carbocycles. The summed E-state index contributed by atoms with van der Waals surface area (Å²) in [6.07, 6.45) is 3.23. The standard InChI is InChI=1S/C13H11N5O2/c19-18(20)12-3-1-2-10-11(5-6-14-13(10)12)15-8-9-4-7-16-17-9/h1-7H,8H2,(H,14,15)(H,16,17). The molecule has 0 aliphatic heterocycles. The minimum absolute atomic E-state index is 0.00712. The Hall–Kier alpha value is -2.96. The predicted molar refractivity (Wildman–Crippen MR) is 74.3 cm³/mol. The summed E-state index contributed by atoms with van der Waals surface area (Å²) in [7, 11) is 0. The summed E-state index contributed by atoms with van der Waals surface area (Å²) in [5, 5.41) is 21.7. The summed E-state index contributed by atoms with van der Waals surface area (Å²) < 4.78 is 0. The van der Waals surface area contributed by atoms with Crippen LogP contribution < -0.4 is 5.32 Å². The zero-order valence-electron chi connectivity index (χ0n) is 10.4. The first-order chi connectivity index (χ1) is 9.75. The fraction of sp³-hybridized carbons (Fsp3) is 0.0769. The molecule has 2 N–H and O–H groups in total. The van der Waals surface area contributed by atoms with Crippen LogP contribution >= 0.6 is 0 Å². The number of nitro groups is 1. The molecule has 3 rings (SSSR count). The number of hydrogen-bond donors (Lipinski definition) is 2. The maximum Gasteiger partial charge on any atom is 0.295 e. The lowest BCUT2D eigenvalue weighted by atomic mass is 10.1. The second kappa shape index (κ2) is 4.96. The van der Waals surface area contributed by atoms with E-state index < -0.39 is 4.92 Å². The summed E-state index contributed by atoms with van der Waals surface area (Å²) in [6, 6.07) is 8.57. The van der Waals surface area contributed by atoms with Gasteiger partial charge in [-0.25, -0.2) is 4.98 Å². The normalized spacial score (nSPS) is 10.6. The molecule has 0 saturated carbocycles. The average molecular weight is 269 g/mol. The van der Waals surface area contributed by atoms with Gasteiger partial charge in [-0.05, 0) is 12.1 Å². The van der Waals surface area contributed by atoms with Crippen molar-refractivity contribution in [3.8, 4) is 0 Å². The maximum atomic E-state index is 11.0. The highest BCUT2D eigenvalue weighted by atomic mass is 16.6. The molecule has 2 heterocycles. The number of H-pyrrole nitrogens is 1. The first-order valence-corrected chi connectivity index (χ1v) is 6.00. The number of fused-ring (bicyclic) bond motifs is 1. The number of nitrogens with one attached hydrogen (secondary N) is 2. The highest BCUT2D eigenvalue weighted by Gasteiger charge is 2.14. The Kier molecular flexibility index (Phi) is 3.00. The number of nitrogens with zero attached hydrogens (tertiary/aromatic N) is 3. The molecule has 0 spiro atoms. The first kappa shape index (κ1) is 12.1. The molecule has 0 saturated heterocycles. The third kappa shape index (κ3) is 2.16. The van der Waals surface area contributed by atoms with Crippen LogP contribution in [0.1, 0.15) is 5.69 Å². The Bertz CT molecular complexity index is 755. The van der Waals surface area contributed by atoms with Crippen LogP contribution in [0.25, 0.3) is 10.9 Å². The van der Waals surface area contributed by atoms with E-state index >= 15 is 0 Å². The van der Waals surface area contributed by atoms with Gasteiger partial charge < -0.3 is 5.32 Å². The topological polar surface area (TPSA) is 96.7 Å². The van der Waals surface area contributed by atoms with Crippen molar-refractivity contribution in [1.82, 2.24) is 15.2 Å². The van der Waals surface area contributed by atoms with E-state index in [1.54, 1.807) is 24.5 Å². The Labute approximate surface area is 113 Å². The van der Waals surface area contributed by atoms with Crippen molar-refractivity contribution in [3.05, 3.63) is 58.5 Å². The van der Waals surface area contributed by atoms with Gasteiger partial charge in [-0.15, -0.1) is 0 Å². The molecule has 0 aliphatic carbocycles. The second-order valence-corrected chi connectivity index (χ2v) is 4.22. The molecule has 100 valence electrons. The molecule has 7 heteroatoms. The second-order valence-electron chi connectivity index (χ2n) is 4.22. The number of anilines is 1. The van der Waals surface area contributed by atoms with E-state index in [4.69, 9.17) is 0 Å². The van der Waals surface area contributed by atoms with Gasteiger partial charge in [-0.2, -0.15) is 5.10 Å². The quantitative estimate of drug-likeness (QED) is 0.560. The minimum atomic E-state index is -0.423. The van der Waals surface area contributed by atoms with Crippen LogP contribution in [-0.4, -0.2) is 20.1 Å². The van der Waals surface area contributed by atoms with Crippen LogP contribution in [0.3, 0.4) is 0 Å². The van der Waals surface area contributed by atoms with Crippen molar-refractivity contribution < 1.29 is 4.92 Å².